The molecule has 1 aromatic carbocycles. The summed E-state index contributed by atoms with van der Waals surface area (Å²) in [6.07, 6.45) is 1.18. The minimum atomic E-state index is 0.720. The molecule has 1 saturated heterocycles. The Morgan fingerprint density at radius 3 is 3.00 bits per heavy atom. The van der Waals surface area contributed by atoms with Crippen LogP contribution in [-0.2, 0) is 0 Å². The van der Waals surface area contributed by atoms with Crippen molar-refractivity contribution < 1.29 is 0 Å². The molecule has 0 spiro atoms. The zero-order valence-corrected chi connectivity index (χ0v) is 11.5. The number of fused-ring (bicyclic) bond motifs is 1. The summed E-state index contributed by atoms with van der Waals surface area (Å²) in [6.45, 7) is 2.05. The molecule has 4 heteroatoms. The normalized spacial score (nSPS) is 16.1. The number of nitriles is 1. The second-order valence-electron chi connectivity index (χ2n) is 4.61. The summed E-state index contributed by atoms with van der Waals surface area (Å²) in [7, 11) is 0. The first-order chi connectivity index (χ1) is 9.38. The molecule has 0 radical (unpaired) electrons. The molecule has 3 rings (SSSR count). The summed E-state index contributed by atoms with van der Waals surface area (Å²) in [4.78, 5) is 7.01. The Morgan fingerprint density at radius 2 is 2.11 bits per heavy atom. The Bertz CT molecular complexity index is 625. The molecule has 0 atom stereocenters. The van der Waals surface area contributed by atoms with E-state index in [1.165, 1.54) is 12.2 Å². The van der Waals surface area contributed by atoms with Gasteiger partial charge in [0.15, 0.2) is 0 Å². The molecule has 0 aliphatic carbocycles. The minimum Gasteiger partial charge on any atom is -0.356 e. The van der Waals surface area contributed by atoms with Crippen LogP contribution in [0.2, 0.25) is 0 Å². The lowest BCUT2D eigenvalue weighted by atomic mass is 10.1. The van der Waals surface area contributed by atoms with E-state index in [4.69, 9.17) is 4.98 Å². The molecule has 0 saturated carbocycles. The van der Waals surface area contributed by atoms with Gasteiger partial charge in [0.05, 0.1) is 17.1 Å². The summed E-state index contributed by atoms with van der Waals surface area (Å²) in [6, 6.07) is 12.1. The SMILES string of the molecule is N#Cc1cc(N2CCCSCC2)nc2ccccc12. The van der Waals surface area contributed by atoms with Gasteiger partial charge < -0.3 is 4.90 Å². The lowest BCUT2D eigenvalue weighted by Gasteiger charge is -2.21. The molecule has 1 aliphatic rings. The largest absolute Gasteiger partial charge is 0.356 e. The number of hydrogen-bond donors (Lipinski definition) is 0. The van der Waals surface area contributed by atoms with Gasteiger partial charge in [0, 0.05) is 24.2 Å². The van der Waals surface area contributed by atoms with E-state index in [2.05, 4.69) is 11.0 Å². The van der Waals surface area contributed by atoms with E-state index in [1.807, 2.05) is 42.1 Å². The summed E-state index contributed by atoms with van der Waals surface area (Å²) < 4.78 is 0. The third-order valence-electron chi connectivity index (χ3n) is 3.37. The van der Waals surface area contributed by atoms with Crippen LogP contribution in [0, 0.1) is 11.3 Å². The molecule has 96 valence electrons. The fourth-order valence-corrected chi connectivity index (χ4v) is 3.28. The Balaban J connectivity index is 2.06. The van der Waals surface area contributed by atoms with Crippen molar-refractivity contribution in [1.29, 1.82) is 5.26 Å². The second-order valence-corrected chi connectivity index (χ2v) is 5.83. The van der Waals surface area contributed by atoms with E-state index in [0.29, 0.717) is 0 Å². The average Bonchev–Trinajstić information content (AvgIpc) is 2.75. The maximum atomic E-state index is 9.31. The van der Waals surface area contributed by atoms with Gasteiger partial charge in [-0.1, -0.05) is 18.2 Å². The number of para-hydroxylation sites is 1. The first-order valence-electron chi connectivity index (χ1n) is 6.51. The van der Waals surface area contributed by atoms with Gasteiger partial charge in [-0.2, -0.15) is 17.0 Å². The molecule has 19 heavy (non-hydrogen) atoms. The number of hydrogen-bond acceptors (Lipinski definition) is 4. The zero-order chi connectivity index (χ0) is 13.1. The molecule has 0 unspecified atom stereocenters. The lowest BCUT2D eigenvalue weighted by Crippen LogP contribution is -2.26. The Labute approximate surface area is 117 Å². The highest BCUT2D eigenvalue weighted by atomic mass is 32.2. The van der Waals surface area contributed by atoms with Gasteiger partial charge in [-0.3, -0.25) is 0 Å². The van der Waals surface area contributed by atoms with E-state index >= 15 is 0 Å². The smallest absolute Gasteiger partial charge is 0.130 e. The van der Waals surface area contributed by atoms with Crippen molar-refractivity contribution in [2.75, 3.05) is 29.5 Å². The van der Waals surface area contributed by atoms with Crippen LogP contribution in [0.1, 0.15) is 12.0 Å². The number of thioether (sulfide) groups is 1. The minimum absolute atomic E-state index is 0.720. The first kappa shape index (κ1) is 12.3. The maximum absolute atomic E-state index is 9.31. The number of rotatable bonds is 1. The maximum Gasteiger partial charge on any atom is 0.130 e. The number of aromatic nitrogens is 1. The fourth-order valence-electron chi connectivity index (χ4n) is 2.39. The molecule has 2 aromatic rings. The van der Waals surface area contributed by atoms with Gasteiger partial charge in [0.1, 0.15) is 5.82 Å². The van der Waals surface area contributed by atoms with Crippen LogP contribution in [-0.4, -0.2) is 29.6 Å². The van der Waals surface area contributed by atoms with Crippen molar-refractivity contribution in [3.8, 4) is 6.07 Å². The van der Waals surface area contributed by atoms with Crippen LogP contribution in [0.15, 0.2) is 30.3 Å². The summed E-state index contributed by atoms with van der Waals surface area (Å²) in [5, 5.41) is 10.3. The molecular formula is C15H15N3S. The molecule has 3 nitrogen and oxygen atoms in total. The number of benzene rings is 1. The highest BCUT2D eigenvalue weighted by Crippen LogP contribution is 2.24. The Hall–Kier alpha value is -1.73. The van der Waals surface area contributed by atoms with Gasteiger partial charge in [-0.25, -0.2) is 4.98 Å². The molecule has 1 fully saturated rings. The standard InChI is InChI=1S/C15H15N3S/c16-11-12-10-15(18-6-3-8-19-9-7-18)17-14-5-2-1-4-13(12)14/h1-2,4-5,10H,3,6-9H2. The van der Waals surface area contributed by atoms with Crippen LogP contribution >= 0.6 is 11.8 Å². The fraction of sp³-hybridized carbons (Fsp3) is 0.333. The predicted molar refractivity (Wildman–Crippen MR) is 80.6 cm³/mol. The van der Waals surface area contributed by atoms with Crippen molar-refractivity contribution >= 4 is 28.5 Å². The van der Waals surface area contributed by atoms with Gasteiger partial charge in [0.2, 0.25) is 0 Å². The van der Waals surface area contributed by atoms with Crippen molar-refractivity contribution in [3.63, 3.8) is 0 Å². The summed E-state index contributed by atoms with van der Waals surface area (Å²) in [5.41, 5.74) is 1.63. The molecule has 2 heterocycles. The van der Waals surface area contributed by atoms with E-state index in [0.717, 1.165) is 41.1 Å². The van der Waals surface area contributed by atoms with Crippen LogP contribution in [0.4, 0.5) is 5.82 Å². The quantitative estimate of drug-likeness (QED) is 0.797. The number of nitrogens with zero attached hydrogens (tertiary/aromatic N) is 3. The van der Waals surface area contributed by atoms with Crippen LogP contribution in [0.5, 0.6) is 0 Å². The summed E-state index contributed by atoms with van der Waals surface area (Å²) in [5.74, 6) is 3.30. The van der Waals surface area contributed by atoms with Gasteiger partial charge in [-0.15, -0.1) is 0 Å². The average molecular weight is 269 g/mol. The van der Waals surface area contributed by atoms with Gasteiger partial charge in [-0.05, 0) is 24.3 Å². The van der Waals surface area contributed by atoms with Crippen molar-refractivity contribution in [2.24, 2.45) is 0 Å². The highest BCUT2D eigenvalue weighted by Gasteiger charge is 2.13. The van der Waals surface area contributed by atoms with Crippen molar-refractivity contribution in [3.05, 3.63) is 35.9 Å². The predicted octanol–water partition coefficient (Wildman–Crippen LogP) is 3.05. The van der Waals surface area contributed by atoms with Crippen molar-refractivity contribution in [2.45, 2.75) is 6.42 Å². The monoisotopic (exact) mass is 269 g/mol. The lowest BCUT2D eigenvalue weighted by molar-refractivity contribution is 0.804. The van der Waals surface area contributed by atoms with Crippen LogP contribution in [0.3, 0.4) is 0 Å². The van der Waals surface area contributed by atoms with Crippen molar-refractivity contribution in [1.82, 2.24) is 4.98 Å². The van der Waals surface area contributed by atoms with E-state index < -0.39 is 0 Å². The number of pyridine rings is 1. The van der Waals surface area contributed by atoms with E-state index in [9.17, 15) is 5.26 Å². The zero-order valence-electron chi connectivity index (χ0n) is 10.7. The van der Waals surface area contributed by atoms with Crippen LogP contribution < -0.4 is 4.90 Å². The molecular weight excluding hydrogens is 254 g/mol. The van der Waals surface area contributed by atoms with E-state index in [-0.39, 0.29) is 0 Å². The first-order valence-corrected chi connectivity index (χ1v) is 7.66. The topological polar surface area (TPSA) is 39.9 Å². The number of anilines is 1. The molecule has 0 N–H and O–H groups in total. The van der Waals surface area contributed by atoms with Gasteiger partial charge in [0.25, 0.3) is 0 Å². The molecule has 1 aromatic heterocycles. The second kappa shape index (κ2) is 5.50. The third-order valence-corrected chi connectivity index (χ3v) is 4.42. The third kappa shape index (κ3) is 2.52. The highest BCUT2D eigenvalue weighted by molar-refractivity contribution is 7.99. The summed E-state index contributed by atoms with van der Waals surface area (Å²) >= 11 is 1.99. The molecule has 1 aliphatic heterocycles. The van der Waals surface area contributed by atoms with Crippen LogP contribution in [0.25, 0.3) is 10.9 Å². The molecule has 0 bridgehead atoms. The van der Waals surface area contributed by atoms with Gasteiger partial charge >= 0.3 is 0 Å². The van der Waals surface area contributed by atoms with E-state index in [1.54, 1.807) is 0 Å². The Morgan fingerprint density at radius 1 is 1.21 bits per heavy atom. The Kier molecular flexibility index (Phi) is 3.56. The molecule has 0 amide bonds.